The average Bonchev–Trinajstić information content (AvgIpc) is 2.78. The van der Waals surface area contributed by atoms with Crippen LogP contribution in [0.25, 0.3) is 5.69 Å². The second-order valence-electron chi connectivity index (χ2n) is 3.44. The molecule has 16 heavy (non-hydrogen) atoms. The maximum atomic E-state index is 4.01. The molecule has 0 fully saturated rings. The number of rotatable bonds is 3. The predicted octanol–water partition coefficient (Wildman–Crippen LogP) is 1.71. The summed E-state index contributed by atoms with van der Waals surface area (Å²) in [6.07, 6.45) is 0. The molecule has 6 heteroatoms. The van der Waals surface area contributed by atoms with Gasteiger partial charge in [-0.05, 0) is 48.7 Å². The van der Waals surface area contributed by atoms with Gasteiger partial charge in [0, 0.05) is 4.47 Å². The second-order valence-corrected chi connectivity index (χ2v) is 4.35. The van der Waals surface area contributed by atoms with Gasteiger partial charge in [0.25, 0.3) is 0 Å². The molecular weight excluding hydrogens is 270 g/mol. The number of aromatic nitrogens is 4. The van der Waals surface area contributed by atoms with Gasteiger partial charge in [-0.15, -0.1) is 5.10 Å². The summed E-state index contributed by atoms with van der Waals surface area (Å²) in [6, 6.07) is 7.97. The number of tetrazole rings is 1. The van der Waals surface area contributed by atoms with Gasteiger partial charge in [0.15, 0.2) is 5.82 Å². The minimum absolute atomic E-state index is 0.110. The van der Waals surface area contributed by atoms with E-state index in [9.17, 15) is 0 Å². The van der Waals surface area contributed by atoms with Crippen molar-refractivity contribution in [1.82, 2.24) is 25.5 Å². The van der Waals surface area contributed by atoms with Crippen molar-refractivity contribution >= 4 is 15.9 Å². The first-order valence-electron chi connectivity index (χ1n) is 4.94. The van der Waals surface area contributed by atoms with E-state index < -0.39 is 0 Å². The van der Waals surface area contributed by atoms with Crippen molar-refractivity contribution in [3.05, 3.63) is 34.6 Å². The Labute approximate surface area is 102 Å². The number of halogens is 1. The molecule has 0 saturated carbocycles. The van der Waals surface area contributed by atoms with Crippen LogP contribution in [0.3, 0.4) is 0 Å². The molecule has 0 amide bonds. The third kappa shape index (κ3) is 2.12. The highest BCUT2D eigenvalue weighted by Gasteiger charge is 2.13. The Morgan fingerprint density at radius 1 is 1.31 bits per heavy atom. The summed E-state index contributed by atoms with van der Waals surface area (Å²) in [6.45, 7) is 2.01. The molecule has 1 atom stereocenters. The van der Waals surface area contributed by atoms with Gasteiger partial charge in [-0.25, -0.2) is 0 Å². The van der Waals surface area contributed by atoms with Crippen molar-refractivity contribution in [3.63, 3.8) is 0 Å². The van der Waals surface area contributed by atoms with Crippen LogP contribution < -0.4 is 5.32 Å². The average molecular weight is 282 g/mol. The molecule has 84 valence electrons. The highest BCUT2D eigenvalue weighted by atomic mass is 79.9. The van der Waals surface area contributed by atoms with Crippen molar-refractivity contribution in [2.45, 2.75) is 13.0 Å². The molecule has 1 heterocycles. The van der Waals surface area contributed by atoms with Gasteiger partial charge in [-0.1, -0.05) is 15.9 Å². The van der Waals surface area contributed by atoms with Crippen molar-refractivity contribution < 1.29 is 0 Å². The zero-order chi connectivity index (χ0) is 11.5. The molecule has 0 aliphatic rings. The number of hydrogen-bond acceptors (Lipinski definition) is 4. The molecule has 0 saturated heterocycles. The lowest BCUT2D eigenvalue weighted by Gasteiger charge is -2.10. The summed E-state index contributed by atoms with van der Waals surface area (Å²) in [7, 11) is 1.88. The van der Waals surface area contributed by atoms with Crippen molar-refractivity contribution in [3.8, 4) is 5.69 Å². The SMILES string of the molecule is CNC(C)c1nnnn1-c1ccc(Br)cc1. The van der Waals surface area contributed by atoms with Gasteiger partial charge in [0.1, 0.15) is 0 Å². The number of hydrogen-bond donors (Lipinski definition) is 1. The van der Waals surface area contributed by atoms with E-state index in [1.807, 2.05) is 38.2 Å². The Morgan fingerprint density at radius 3 is 2.62 bits per heavy atom. The van der Waals surface area contributed by atoms with Gasteiger partial charge in [-0.3, -0.25) is 0 Å². The molecule has 0 aliphatic heterocycles. The summed E-state index contributed by atoms with van der Waals surface area (Å²) in [5.74, 6) is 0.796. The third-order valence-corrected chi connectivity index (χ3v) is 2.91. The topological polar surface area (TPSA) is 55.6 Å². The van der Waals surface area contributed by atoms with Crippen molar-refractivity contribution in [1.29, 1.82) is 0 Å². The first-order chi connectivity index (χ1) is 7.72. The maximum Gasteiger partial charge on any atom is 0.173 e. The number of nitrogens with one attached hydrogen (secondary N) is 1. The molecule has 1 aromatic heterocycles. The van der Waals surface area contributed by atoms with Crippen LogP contribution in [0, 0.1) is 0 Å². The molecule has 0 aliphatic carbocycles. The zero-order valence-electron chi connectivity index (χ0n) is 9.05. The van der Waals surface area contributed by atoms with E-state index in [2.05, 4.69) is 36.8 Å². The van der Waals surface area contributed by atoms with Gasteiger partial charge in [-0.2, -0.15) is 4.68 Å². The van der Waals surface area contributed by atoms with Crippen LogP contribution in [0.2, 0.25) is 0 Å². The maximum absolute atomic E-state index is 4.01. The van der Waals surface area contributed by atoms with Gasteiger partial charge < -0.3 is 5.32 Å². The summed E-state index contributed by atoms with van der Waals surface area (Å²) in [5.41, 5.74) is 0.949. The lowest BCUT2D eigenvalue weighted by atomic mass is 10.3. The Hall–Kier alpha value is -1.27. The van der Waals surface area contributed by atoms with E-state index in [0.717, 1.165) is 16.0 Å². The fourth-order valence-corrected chi connectivity index (χ4v) is 1.62. The van der Waals surface area contributed by atoms with E-state index in [-0.39, 0.29) is 6.04 Å². The van der Waals surface area contributed by atoms with E-state index in [4.69, 9.17) is 0 Å². The van der Waals surface area contributed by atoms with Crippen LogP contribution in [0.15, 0.2) is 28.7 Å². The lowest BCUT2D eigenvalue weighted by molar-refractivity contribution is 0.588. The first kappa shape index (κ1) is 11.2. The van der Waals surface area contributed by atoms with E-state index in [0.29, 0.717) is 0 Å². The van der Waals surface area contributed by atoms with Crippen LogP contribution in [-0.2, 0) is 0 Å². The Kier molecular flexibility index (Phi) is 3.31. The molecule has 0 bridgehead atoms. The predicted molar refractivity (Wildman–Crippen MR) is 64.3 cm³/mol. The fourth-order valence-electron chi connectivity index (χ4n) is 1.36. The van der Waals surface area contributed by atoms with Crippen LogP contribution in [-0.4, -0.2) is 27.3 Å². The Bertz CT molecular complexity index is 464. The highest BCUT2D eigenvalue weighted by Crippen LogP contribution is 2.16. The lowest BCUT2D eigenvalue weighted by Crippen LogP contribution is -2.17. The third-order valence-electron chi connectivity index (χ3n) is 2.39. The molecule has 1 N–H and O–H groups in total. The van der Waals surface area contributed by atoms with Gasteiger partial charge in [0.05, 0.1) is 11.7 Å². The molecule has 1 aromatic carbocycles. The van der Waals surface area contributed by atoms with Crippen molar-refractivity contribution in [2.75, 3.05) is 7.05 Å². The number of nitrogens with zero attached hydrogens (tertiary/aromatic N) is 4. The van der Waals surface area contributed by atoms with Gasteiger partial charge >= 0.3 is 0 Å². The normalized spacial score (nSPS) is 12.7. The second kappa shape index (κ2) is 4.71. The van der Waals surface area contributed by atoms with E-state index in [1.54, 1.807) is 4.68 Å². The van der Waals surface area contributed by atoms with Crippen LogP contribution >= 0.6 is 15.9 Å². The molecule has 5 nitrogen and oxygen atoms in total. The Balaban J connectivity index is 2.40. The molecular formula is C10H12BrN5. The minimum atomic E-state index is 0.110. The summed E-state index contributed by atoms with van der Waals surface area (Å²) in [4.78, 5) is 0. The highest BCUT2D eigenvalue weighted by molar-refractivity contribution is 9.10. The molecule has 0 radical (unpaired) electrons. The first-order valence-corrected chi connectivity index (χ1v) is 5.73. The summed E-state index contributed by atoms with van der Waals surface area (Å²) in [5, 5.41) is 14.8. The molecule has 2 rings (SSSR count). The van der Waals surface area contributed by atoms with Gasteiger partial charge in [0.2, 0.25) is 0 Å². The quantitative estimate of drug-likeness (QED) is 0.931. The van der Waals surface area contributed by atoms with Crippen LogP contribution in [0.1, 0.15) is 18.8 Å². The monoisotopic (exact) mass is 281 g/mol. The standard InChI is InChI=1S/C10H12BrN5/c1-7(12-2)10-13-14-15-16(10)9-5-3-8(11)4-6-9/h3-7,12H,1-2H3. The van der Waals surface area contributed by atoms with Crippen molar-refractivity contribution in [2.24, 2.45) is 0 Å². The Morgan fingerprint density at radius 2 is 2.00 bits per heavy atom. The molecule has 2 aromatic rings. The van der Waals surface area contributed by atoms with Crippen LogP contribution in [0.4, 0.5) is 0 Å². The molecule has 1 unspecified atom stereocenters. The fraction of sp³-hybridized carbons (Fsp3) is 0.300. The van der Waals surface area contributed by atoms with Crippen LogP contribution in [0.5, 0.6) is 0 Å². The molecule has 0 spiro atoms. The largest absolute Gasteiger partial charge is 0.311 e. The summed E-state index contributed by atoms with van der Waals surface area (Å²) < 4.78 is 2.76. The smallest absolute Gasteiger partial charge is 0.173 e. The summed E-state index contributed by atoms with van der Waals surface area (Å²) >= 11 is 3.40. The van der Waals surface area contributed by atoms with E-state index >= 15 is 0 Å². The minimum Gasteiger partial charge on any atom is -0.311 e. The zero-order valence-corrected chi connectivity index (χ0v) is 10.6. The number of benzene rings is 1. The van der Waals surface area contributed by atoms with E-state index in [1.165, 1.54) is 0 Å².